The van der Waals surface area contributed by atoms with Crippen LogP contribution in [0.25, 0.3) is 5.78 Å². The van der Waals surface area contributed by atoms with Crippen LogP contribution in [-0.2, 0) is 12.8 Å². The highest BCUT2D eigenvalue weighted by molar-refractivity contribution is 5.98. The van der Waals surface area contributed by atoms with Gasteiger partial charge in [-0.05, 0) is 18.1 Å². The summed E-state index contributed by atoms with van der Waals surface area (Å²) in [5, 5.41) is 4.35. The topological polar surface area (TPSA) is 78.6 Å². The van der Waals surface area contributed by atoms with Crippen LogP contribution in [0.15, 0.2) is 24.4 Å². The second kappa shape index (κ2) is 6.40. The minimum absolute atomic E-state index is 0.0133. The molecule has 0 radical (unpaired) electrons. The van der Waals surface area contributed by atoms with E-state index in [0.29, 0.717) is 24.2 Å². The van der Waals surface area contributed by atoms with E-state index in [1.165, 1.54) is 0 Å². The Balaban J connectivity index is 1.74. The van der Waals surface area contributed by atoms with Crippen molar-refractivity contribution in [2.75, 3.05) is 14.2 Å². The van der Waals surface area contributed by atoms with Gasteiger partial charge in [-0.1, -0.05) is 13.0 Å². The summed E-state index contributed by atoms with van der Waals surface area (Å²) in [7, 11) is 3.24. The van der Waals surface area contributed by atoms with Crippen molar-refractivity contribution in [1.29, 1.82) is 0 Å². The molecular formula is C19H20N4O3. The second-order valence-corrected chi connectivity index (χ2v) is 6.36. The van der Waals surface area contributed by atoms with Crippen LogP contribution in [0.3, 0.4) is 0 Å². The number of aryl methyl sites for hydroxylation is 1. The molecule has 0 fully saturated rings. The zero-order valence-corrected chi connectivity index (χ0v) is 15.0. The zero-order valence-electron chi connectivity index (χ0n) is 15.0. The SMILES string of the molecule is CCc1nc2nc3c(cn2n1)C(=O)CC(c1ccc(OC)cc1OC)C3. The fraction of sp³-hybridized carbons (Fsp3) is 0.368. The number of Topliss-reactive ketones (excluding diaryl/α,β-unsaturated/α-hetero) is 1. The molecule has 0 saturated carbocycles. The number of carbonyl (C=O) groups is 1. The van der Waals surface area contributed by atoms with Gasteiger partial charge in [0, 0.05) is 31.0 Å². The Kier molecular flexibility index (Phi) is 4.06. The number of hydrogen-bond acceptors (Lipinski definition) is 6. The Morgan fingerprint density at radius 1 is 1.19 bits per heavy atom. The summed E-state index contributed by atoms with van der Waals surface area (Å²) in [4.78, 5) is 21.8. The molecule has 1 unspecified atom stereocenters. The quantitative estimate of drug-likeness (QED) is 0.718. The van der Waals surface area contributed by atoms with Crippen molar-refractivity contribution < 1.29 is 14.3 Å². The van der Waals surface area contributed by atoms with E-state index in [4.69, 9.17) is 9.47 Å². The highest BCUT2D eigenvalue weighted by Gasteiger charge is 2.30. The van der Waals surface area contributed by atoms with Gasteiger partial charge in [-0.2, -0.15) is 4.98 Å². The molecule has 0 aliphatic heterocycles. The van der Waals surface area contributed by atoms with Crippen LogP contribution in [-0.4, -0.2) is 39.6 Å². The third kappa shape index (κ3) is 2.69. The lowest BCUT2D eigenvalue weighted by atomic mass is 9.82. The van der Waals surface area contributed by atoms with Gasteiger partial charge in [-0.3, -0.25) is 4.79 Å². The molecule has 0 amide bonds. The normalized spacial score (nSPS) is 16.6. The van der Waals surface area contributed by atoms with Gasteiger partial charge in [0.15, 0.2) is 11.6 Å². The summed E-state index contributed by atoms with van der Waals surface area (Å²) in [5.74, 6) is 2.79. The number of hydrogen-bond donors (Lipinski definition) is 0. The molecule has 0 saturated heterocycles. The molecule has 2 aromatic heterocycles. The van der Waals surface area contributed by atoms with Crippen molar-refractivity contribution in [3.8, 4) is 11.5 Å². The third-order valence-corrected chi connectivity index (χ3v) is 4.82. The minimum atomic E-state index is 0.0133. The fourth-order valence-electron chi connectivity index (χ4n) is 3.45. The van der Waals surface area contributed by atoms with Crippen molar-refractivity contribution >= 4 is 11.6 Å². The van der Waals surface area contributed by atoms with Gasteiger partial charge in [0.25, 0.3) is 5.78 Å². The smallest absolute Gasteiger partial charge is 0.252 e. The first-order chi connectivity index (χ1) is 12.6. The van der Waals surface area contributed by atoms with Crippen LogP contribution < -0.4 is 9.47 Å². The maximum atomic E-state index is 12.7. The molecule has 4 rings (SSSR count). The van der Waals surface area contributed by atoms with Crippen LogP contribution in [0.4, 0.5) is 0 Å². The summed E-state index contributed by atoms with van der Waals surface area (Å²) in [6.45, 7) is 1.99. The summed E-state index contributed by atoms with van der Waals surface area (Å²) < 4.78 is 12.4. The van der Waals surface area contributed by atoms with E-state index < -0.39 is 0 Å². The summed E-state index contributed by atoms with van der Waals surface area (Å²) in [6, 6.07) is 5.70. The van der Waals surface area contributed by atoms with Crippen LogP contribution in [0.2, 0.25) is 0 Å². The molecule has 7 heteroatoms. The van der Waals surface area contributed by atoms with Crippen molar-refractivity contribution in [2.45, 2.75) is 32.1 Å². The standard InChI is InChI=1S/C19H20N4O3/c1-4-18-21-19-20-15-7-11(8-16(24)14(15)10-23(19)22-18)13-6-5-12(25-2)9-17(13)26-3/h5-6,9-11H,4,7-8H2,1-3H3. The summed E-state index contributed by atoms with van der Waals surface area (Å²) in [6.07, 6.45) is 3.56. The van der Waals surface area contributed by atoms with Crippen molar-refractivity contribution in [3.05, 3.63) is 47.0 Å². The number of benzene rings is 1. The number of ether oxygens (including phenoxy) is 2. The van der Waals surface area contributed by atoms with E-state index in [0.717, 1.165) is 35.0 Å². The van der Waals surface area contributed by atoms with Gasteiger partial charge in [0.1, 0.15) is 11.5 Å². The lowest BCUT2D eigenvalue weighted by Gasteiger charge is -2.24. The van der Waals surface area contributed by atoms with Crippen molar-refractivity contribution in [2.24, 2.45) is 0 Å². The molecule has 0 spiro atoms. The molecule has 0 bridgehead atoms. The molecule has 1 atom stereocenters. The first-order valence-corrected chi connectivity index (χ1v) is 8.63. The number of carbonyl (C=O) groups excluding carboxylic acids is 1. The Morgan fingerprint density at radius 2 is 2.04 bits per heavy atom. The van der Waals surface area contributed by atoms with E-state index in [-0.39, 0.29) is 11.7 Å². The molecule has 1 aliphatic carbocycles. The summed E-state index contributed by atoms with van der Waals surface area (Å²) in [5.41, 5.74) is 2.39. The number of aromatic nitrogens is 4. The number of fused-ring (bicyclic) bond motifs is 2. The molecule has 3 aromatic rings. The molecule has 1 aliphatic rings. The predicted octanol–water partition coefficient (Wildman–Crippen LogP) is 2.62. The molecule has 1 aromatic carbocycles. The molecular weight excluding hydrogens is 332 g/mol. The number of nitrogens with zero attached hydrogens (tertiary/aromatic N) is 4. The van der Waals surface area contributed by atoms with Gasteiger partial charge >= 0.3 is 0 Å². The molecule has 7 nitrogen and oxygen atoms in total. The third-order valence-electron chi connectivity index (χ3n) is 4.82. The van der Waals surface area contributed by atoms with Gasteiger partial charge in [0.2, 0.25) is 0 Å². The lowest BCUT2D eigenvalue weighted by molar-refractivity contribution is 0.0962. The van der Waals surface area contributed by atoms with Crippen LogP contribution >= 0.6 is 0 Å². The number of ketones is 1. The monoisotopic (exact) mass is 352 g/mol. The van der Waals surface area contributed by atoms with Crippen molar-refractivity contribution in [3.63, 3.8) is 0 Å². The van der Waals surface area contributed by atoms with E-state index >= 15 is 0 Å². The highest BCUT2D eigenvalue weighted by Crippen LogP contribution is 2.38. The molecule has 0 N–H and O–H groups in total. The number of rotatable bonds is 4. The van der Waals surface area contributed by atoms with E-state index in [2.05, 4.69) is 15.1 Å². The van der Waals surface area contributed by atoms with Crippen LogP contribution in [0.5, 0.6) is 11.5 Å². The second-order valence-electron chi connectivity index (χ2n) is 6.36. The van der Waals surface area contributed by atoms with E-state index in [1.54, 1.807) is 24.9 Å². The van der Waals surface area contributed by atoms with E-state index in [9.17, 15) is 4.79 Å². The molecule has 26 heavy (non-hydrogen) atoms. The lowest BCUT2D eigenvalue weighted by Crippen LogP contribution is -2.21. The van der Waals surface area contributed by atoms with Gasteiger partial charge in [-0.15, -0.1) is 5.10 Å². The largest absolute Gasteiger partial charge is 0.497 e. The van der Waals surface area contributed by atoms with Crippen LogP contribution in [0, 0.1) is 0 Å². The average molecular weight is 352 g/mol. The molecule has 2 heterocycles. The zero-order chi connectivity index (χ0) is 18.3. The van der Waals surface area contributed by atoms with Gasteiger partial charge < -0.3 is 9.47 Å². The van der Waals surface area contributed by atoms with E-state index in [1.807, 2.05) is 25.1 Å². The fourth-order valence-corrected chi connectivity index (χ4v) is 3.45. The average Bonchev–Trinajstić information content (AvgIpc) is 3.08. The number of methoxy groups -OCH3 is 2. The van der Waals surface area contributed by atoms with Crippen LogP contribution in [0.1, 0.15) is 46.7 Å². The first-order valence-electron chi connectivity index (χ1n) is 8.63. The minimum Gasteiger partial charge on any atom is -0.497 e. The maximum Gasteiger partial charge on any atom is 0.252 e. The highest BCUT2D eigenvalue weighted by atomic mass is 16.5. The first kappa shape index (κ1) is 16.5. The summed E-state index contributed by atoms with van der Waals surface area (Å²) >= 11 is 0. The Labute approximate surface area is 151 Å². The van der Waals surface area contributed by atoms with Gasteiger partial charge in [-0.25, -0.2) is 9.50 Å². The Bertz CT molecular complexity index is 996. The maximum absolute atomic E-state index is 12.7. The van der Waals surface area contributed by atoms with Crippen molar-refractivity contribution in [1.82, 2.24) is 19.6 Å². The predicted molar refractivity (Wildman–Crippen MR) is 95.1 cm³/mol. The van der Waals surface area contributed by atoms with Gasteiger partial charge in [0.05, 0.1) is 25.5 Å². The Hall–Kier alpha value is -2.96. The Morgan fingerprint density at radius 3 is 2.77 bits per heavy atom. The molecule has 134 valence electrons.